The van der Waals surface area contributed by atoms with E-state index in [1.165, 1.54) is 12.6 Å². The third kappa shape index (κ3) is 3.19. The van der Waals surface area contributed by atoms with Gasteiger partial charge in [0.05, 0.1) is 5.03 Å². The Hall–Kier alpha value is -0.630. The van der Waals surface area contributed by atoms with Crippen LogP contribution in [0.2, 0.25) is 0 Å². The summed E-state index contributed by atoms with van der Waals surface area (Å²) in [5, 5.41) is -0.255. The predicted molar refractivity (Wildman–Crippen MR) is 25.3 cm³/mol. The lowest BCUT2D eigenvalue weighted by molar-refractivity contribution is 0.560. The quantitative estimate of drug-likeness (QED) is 0.487. The van der Waals surface area contributed by atoms with Crippen LogP contribution in [0.15, 0.2) is 11.1 Å². The molecular formula is C4HClO2. The van der Waals surface area contributed by atoms with Gasteiger partial charge in [0, 0.05) is 6.08 Å². The number of halogens is 1. The van der Waals surface area contributed by atoms with Gasteiger partial charge in [-0.15, -0.1) is 0 Å². The van der Waals surface area contributed by atoms with Crippen LogP contribution in [0.1, 0.15) is 0 Å². The summed E-state index contributed by atoms with van der Waals surface area (Å²) < 4.78 is 0. The molecule has 0 aliphatic heterocycles. The highest BCUT2D eigenvalue weighted by Crippen LogP contribution is 1.91. The fourth-order valence-corrected chi connectivity index (χ4v) is 0.126. The van der Waals surface area contributed by atoms with Crippen LogP contribution in [0.25, 0.3) is 0 Å². The van der Waals surface area contributed by atoms with Crippen LogP contribution in [-0.4, -0.2) is 12.6 Å². The summed E-state index contributed by atoms with van der Waals surface area (Å²) in [6.45, 7) is 0. The molecule has 2 nitrogen and oxygen atoms in total. The normalized spacial score (nSPS) is 10.7. The maximum Gasteiger partial charge on any atom is 0.245 e. The maximum absolute atomic E-state index is 9.39. The van der Waals surface area contributed by atoms with Gasteiger partial charge < -0.3 is 0 Å². The van der Waals surface area contributed by atoms with Crippen molar-refractivity contribution in [3.8, 4) is 0 Å². The van der Waals surface area contributed by atoms with Crippen molar-refractivity contribution in [3.63, 3.8) is 0 Å². The van der Waals surface area contributed by atoms with E-state index in [1.807, 2.05) is 0 Å². The van der Waals surface area contributed by atoms with E-state index in [0.29, 0.717) is 0 Å². The Balaban J connectivity index is 3.72. The predicted octanol–water partition coefficient (Wildman–Crippen LogP) is 0.329. The van der Waals surface area contributed by atoms with E-state index in [1.54, 1.807) is 0 Å². The Morgan fingerprint density at radius 3 is 2.29 bits per heavy atom. The van der Waals surface area contributed by atoms with Crippen molar-refractivity contribution < 1.29 is 9.59 Å². The summed E-state index contributed by atoms with van der Waals surface area (Å²) in [5.41, 5.74) is 0. The molecule has 0 N–H and O–H groups in total. The van der Waals surface area contributed by atoms with Gasteiger partial charge in [-0.25, -0.2) is 0 Å². The fourth-order valence-electron chi connectivity index (χ4n) is 0.0812. The molecule has 0 aromatic rings. The molecule has 0 atom stereocenters. The molecule has 0 saturated heterocycles. The van der Waals surface area contributed by atoms with E-state index in [-0.39, 0.29) is 5.03 Å². The molecule has 0 bridgehead atoms. The Morgan fingerprint density at radius 1 is 1.57 bits per heavy atom. The fraction of sp³-hybridized carbons (Fsp3) is 0. The first-order valence-corrected chi connectivity index (χ1v) is 1.80. The van der Waals surface area contributed by atoms with Crippen LogP contribution in [0.3, 0.4) is 0 Å². The molecule has 0 amide bonds. The van der Waals surface area contributed by atoms with Gasteiger partial charge >= 0.3 is 0 Å². The molecule has 0 fully saturated rings. The first-order valence-electron chi connectivity index (χ1n) is 1.42. The monoisotopic (exact) mass is 116 g/mol. The number of allylic oxidation sites excluding steroid dienone is 2. The minimum atomic E-state index is -0.255. The van der Waals surface area contributed by atoms with Gasteiger partial charge in [0.25, 0.3) is 0 Å². The second-order valence-corrected chi connectivity index (χ2v) is 1.12. The first-order chi connectivity index (χ1) is 3.31. The average molecular weight is 117 g/mol. The zero-order valence-electron chi connectivity index (χ0n) is 3.27. The van der Waals surface area contributed by atoms with Crippen molar-refractivity contribution in [1.82, 2.24) is 0 Å². The summed E-state index contributed by atoms with van der Waals surface area (Å²) in [6, 6.07) is 0. The zero-order chi connectivity index (χ0) is 5.70. The van der Waals surface area contributed by atoms with Gasteiger partial charge in [-0.2, -0.15) is 0 Å². The molecule has 2 radical (unpaired) electrons. The summed E-state index contributed by atoms with van der Waals surface area (Å²) in [6.07, 6.45) is 3.39. The molecule has 0 rings (SSSR count). The standard InChI is InChI=1S/C4HClO2/c5-4(3-7)1-2-6/h1H/b4-1+. The number of hydrogen-bond acceptors (Lipinski definition) is 2. The van der Waals surface area contributed by atoms with E-state index in [9.17, 15) is 9.59 Å². The van der Waals surface area contributed by atoms with Crippen LogP contribution in [-0.2, 0) is 9.59 Å². The Bertz CT molecular complexity index is 106. The van der Waals surface area contributed by atoms with Crippen LogP contribution in [0.5, 0.6) is 0 Å². The number of carbonyl (C=O) groups excluding carboxylic acids is 2. The van der Waals surface area contributed by atoms with Crippen LogP contribution < -0.4 is 0 Å². The van der Waals surface area contributed by atoms with Gasteiger partial charge in [-0.3, -0.25) is 9.59 Å². The molecule has 0 unspecified atom stereocenters. The van der Waals surface area contributed by atoms with Gasteiger partial charge in [0.1, 0.15) is 0 Å². The third-order valence-corrected chi connectivity index (χ3v) is 0.469. The van der Waals surface area contributed by atoms with Crippen LogP contribution in [0, 0.1) is 0 Å². The third-order valence-electron chi connectivity index (χ3n) is 0.283. The highest BCUT2D eigenvalue weighted by Gasteiger charge is 1.83. The SMILES string of the molecule is O=[C]/C=C(/Cl)[C]=O. The molecule has 3 heteroatoms. The zero-order valence-corrected chi connectivity index (χ0v) is 4.03. The van der Waals surface area contributed by atoms with Crippen molar-refractivity contribution in [2.24, 2.45) is 0 Å². The minimum absolute atomic E-state index is 0.255. The lowest BCUT2D eigenvalue weighted by Gasteiger charge is -1.67. The second kappa shape index (κ2) is 3.56. The lowest BCUT2D eigenvalue weighted by Crippen LogP contribution is -1.70. The molecule has 0 aromatic heterocycles. The molecule has 0 aliphatic carbocycles. The van der Waals surface area contributed by atoms with Crippen molar-refractivity contribution >= 4 is 24.2 Å². The topological polar surface area (TPSA) is 34.1 Å². The second-order valence-electron chi connectivity index (χ2n) is 0.712. The highest BCUT2D eigenvalue weighted by atomic mass is 35.5. The number of hydrogen-bond donors (Lipinski definition) is 0. The van der Waals surface area contributed by atoms with Crippen LogP contribution in [0.4, 0.5) is 0 Å². The molecule has 0 aromatic carbocycles. The van der Waals surface area contributed by atoms with E-state index in [2.05, 4.69) is 0 Å². The van der Waals surface area contributed by atoms with Gasteiger partial charge in [0.2, 0.25) is 12.6 Å². The summed E-state index contributed by atoms with van der Waals surface area (Å²) >= 11 is 4.94. The molecule has 0 saturated carbocycles. The lowest BCUT2D eigenvalue weighted by atomic mass is 10.6. The highest BCUT2D eigenvalue weighted by molar-refractivity contribution is 6.39. The van der Waals surface area contributed by atoms with Crippen LogP contribution >= 0.6 is 11.6 Å². The van der Waals surface area contributed by atoms with E-state index < -0.39 is 0 Å². The molecule has 0 heterocycles. The first kappa shape index (κ1) is 6.37. The summed E-state index contributed by atoms with van der Waals surface area (Å²) in [7, 11) is 0. The van der Waals surface area contributed by atoms with Gasteiger partial charge in [-0.05, 0) is 0 Å². The molecule has 36 valence electrons. The van der Waals surface area contributed by atoms with Gasteiger partial charge in [0.15, 0.2) is 0 Å². The van der Waals surface area contributed by atoms with Crippen molar-refractivity contribution in [2.75, 3.05) is 0 Å². The maximum atomic E-state index is 9.39. The number of rotatable bonds is 2. The Labute approximate surface area is 45.8 Å². The molecule has 0 spiro atoms. The van der Waals surface area contributed by atoms with Crippen molar-refractivity contribution in [1.29, 1.82) is 0 Å². The summed E-state index contributed by atoms with van der Waals surface area (Å²) in [5.74, 6) is 0. The largest absolute Gasteiger partial charge is 0.286 e. The van der Waals surface area contributed by atoms with E-state index in [0.717, 1.165) is 6.08 Å². The average Bonchev–Trinajstić information content (AvgIpc) is 1.68. The van der Waals surface area contributed by atoms with Gasteiger partial charge in [-0.1, -0.05) is 11.6 Å². The smallest absolute Gasteiger partial charge is 0.245 e. The summed E-state index contributed by atoms with van der Waals surface area (Å²) in [4.78, 5) is 18.7. The van der Waals surface area contributed by atoms with Crippen molar-refractivity contribution in [2.45, 2.75) is 0 Å². The van der Waals surface area contributed by atoms with E-state index >= 15 is 0 Å². The Morgan fingerprint density at radius 2 is 2.14 bits per heavy atom. The molecule has 7 heavy (non-hydrogen) atoms. The molecule has 0 aliphatic rings. The van der Waals surface area contributed by atoms with E-state index in [4.69, 9.17) is 11.6 Å². The van der Waals surface area contributed by atoms with Crippen molar-refractivity contribution in [3.05, 3.63) is 11.1 Å². The Kier molecular flexibility index (Phi) is 3.24. The molecular weight excluding hydrogens is 115 g/mol. The minimum Gasteiger partial charge on any atom is -0.286 e.